The van der Waals surface area contributed by atoms with Crippen LogP contribution in [0.2, 0.25) is 0 Å². The van der Waals surface area contributed by atoms with E-state index >= 15 is 0 Å². The lowest BCUT2D eigenvalue weighted by molar-refractivity contribution is 0.0524. The quantitative estimate of drug-likeness (QED) is 0.708. The van der Waals surface area contributed by atoms with Crippen LogP contribution in [0.15, 0.2) is 72.8 Å². The van der Waals surface area contributed by atoms with E-state index < -0.39 is 28.7 Å². The first kappa shape index (κ1) is 18.7. The van der Waals surface area contributed by atoms with Gasteiger partial charge in [0.2, 0.25) is 0 Å². The van der Waals surface area contributed by atoms with Crippen molar-refractivity contribution in [2.24, 2.45) is 0 Å². The Hall–Kier alpha value is -3.05. The van der Waals surface area contributed by atoms with E-state index in [2.05, 4.69) is 5.32 Å². The van der Waals surface area contributed by atoms with Gasteiger partial charge < -0.3 is 10.4 Å². The van der Waals surface area contributed by atoms with Crippen LogP contribution in [-0.4, -0.2) is 17.6 Å². The lowest BCUT2D eigenvalue weighted by atomic mass is 9.93. The molecule has 1 amide bonds. The van der Waals surface area contributed by atoms with Crippen LogP contribution in [0.4, 0.5) is 8.78 Å². The van der Waals surface area contributed by atoms with E-state index in [0.29, 0.717) is 5.56 Å². The zero-order valence-electron chi connectivity index (χ0n) is 14.7. The summed E-state index contributed by atoms with van der Waals surface area (Å²) in [5.74, 6) is -2.80. The van der Waals surface area contributed by atoms with Gasteiger partial charge in [0.25, 0.3) is 5.91 Å². The second-order valence-electron chi connectivity index (χ2n) is 6.50. The van der Waals surface area contributed by atoms with Gasteiger partial charge in [-0.1, -0.05) is 60.7 Å². The topological polar surface area (TPSA) is 49.3 Å². The van der Waals surface area contributed by atoms with Gasteiger partial charge >= 0.3 is 0 Å². The zero-order valence-corrected chi connectivity index (χ0v) is 14.7. The molecule has 5 heteroatoms. The van der Waals surface area contributed by atoms with E-state index in [4.69, 9.17) is 0 Å². The summed E-state index contributed by atoms with van der Waals surface area (Å²) in [5.41, 5.74) is 0.566. The van der Waals surface area contributed by atoms with E-state index in [0.717, 1.165) is 23.3 Å². The molecule has 0 bridgehead atoms. The molecule has 3 rings (SSSR count). The Morgan fingerprint density at radius 2 is 1.44 bits per heavy atom. The van der Waals surface area contributed by atoms with Gasteiger partial charge in [-0.15, -0.1) is 0 Å². The predicted molar refractivity (Wildman–Crippen MR) is 100 cm³/mol. The summed E-state index contributed by atoms with van der Waals surface area (Å²) in [6.07, 6.45) is 0. The third kappa shape index (κ3) is 4.20. The third-order valence-corrected chi connectivity index (χ3v) is 4.40. The van der Waals surface area contributed by atoms with E-state index in [-0.39, 0.29) is 6.54 Å². The van der Waals surface area contributed by atoms with Crippen LogP contribution in [0, 0.1) is 11.6 Å². The number of halogens is 2. The summed E-state index contributed by atoms with van der Waals surface area (Å²) in [5, 5.41) is 13.1. The van der Waals surface area contributed by atoms with Crippen LogP contribution in [-0.2, 0) is 5.60 Å². The maximum absolute atomic E-state index is 13.7. The number of rotatable bonds is 5. The Labute approximate surface area is 156 Å². The molecule has 138 valence electrons. The molecule has 0 aromatic heterocycles. The van der Waals surface area contributed by atoms with Crippen molar-refractivity contribution in [3.63, 3.8) is 0 Å². The van der Waals surface area contributed by atoms with Gasteiger partial charge in [0.05, 0.1) is 6.54 Å². The number of nitrogens with one attached hydrogen (secondary N) is 1. The van der Waals surface area contributed by atoms with Gasteiger partial charge in [-0.25, -0.2) is 8.78 Å². The Bertz CT molecular complexity index is 918. The molecular formula is C22H19F2NO2. The molecule has 0 radical (unpaired) electrons. The van der Waals surface area contributed by atoms with Crippen LogP contribution >= 0.6 is 0 Å². The summed E-state index contributed by atoms with van der Waals surface area (Å²) < 4.78 is 27.4. The van der Waals surface area contributed by atoms with Crippen molar-refractivity contribution >= 4 is 5.91 Å². The number of benzene rings is 3. The van der Waals surface area contributed by atoms with Crippen molar-refractivity contribution in [2.75, 3.05) is 6.54 Å². The molecule has 0 aliphatic heterocycles. The number of amides is 1. The summed E-state index contributed by atoms with van der Waals surface area (Å²) >= 11 is 0. The highest BCUT2D eigenvalue weighted by Gasteiger charge is 2.25. The first-order valence-corrected chi connectivity index (χ1v) is 8.49. The first-order chi connectivity index (χ1) is 12.9. The van der Waals surface area contributed by atoms with Gasteiger partial charge in [0.1, 0.15) is 22.8 Å². The minimum atomic E-state index is -1.40. The Balaban J connectivity index is 1.72. The second kappa shape index (κ2) is 7.68. The average molecular weight is 367 g/mol. The van der Waals surface area contributed by atoms with Gasteiger partial charge in [-0.2, -0.15) is 0 Å². The molecule has 1 atom stereocenters. The molecule has 3 aromatic rings. The zero-order chi connectivity index (χ0) is 19.4. The van der Waals surface area contributed by atoms with E-state index in [1.807, 2.05) is 42.5 Å². The molecular weight excluding hydrogens is 348 g/mol. The standard InChI is InChI=1S/C22H19F2NO2/c1-22(27,14-25-21(26)20-18(23)8-5-9-19(20)24)17-12-10-16(11-13-17)15-6-3-2-4-7-15/h2-13,27H,14H2,1H3,(H,25,26)/t22-/m0/s1. The summed E-state index contributed by atoms with van der Waals surface area (Å²) in [7, 11) is 0. The van der Waals surface area contributed by atoms with E-state index in [9.17, 15) is 18.7 Å². The lowest BCUT2D eigenvalue weighted by Crippen LogP contribution is -2.39. The average Bonchev–Trinajstić information content (AvgIpc) is 2.67. The monoisotopic (exact) mass is 367 g/mol. The van der Waals surface area contributed by atoms with Crippen LogP contribution in [0.3, 0.4) is 0 Å². The number of aliphatic hydroxyl groups is 1. The minimum Gasteiger partial charge on any atom is -0.384 e. The normalized spacial score (nSPS) is 13.0. The van der Waals surface area contributed by atoms with Gasteiger partial charge in [0.15, 0.2) is 0 Å². The highest BCUT2D eigenvalue weighted by atomic mass is 19.1. The molecule has 0 saturated carbocycles. The summed E-state index contributed by atoms with van der Waals surface area (Å²) in [6.45, 7) is 1.34. The largest absolute Gasteiger partial charge is 0.384 e. The number of hydrogen-bond acceptors (Lipinski definition) is 2. The van der Waals surface area contributed by atoms with Crippen LogP contribution in [0.5, 0.6) is 0 Å². The van der Waals surface area contributed by atoms with Gasteiger partial charge in [-0.05, 0) is 35.7 Å². The smallest absolute Gasteiger partial charge is 0.257 e. The molecule has 2 N–H and O–H groups in total. The Morgan fingerprint density at radius 3 is 2.04 bits per heavy atom. The second-order valence-corrected chi connectivity index (χ2v) is 6.50. The molecule has 0 unspecified atom stereocenters. The summed E-state index contributed by atoms with van der Waals surface area (Å²) in [6, 6.07) is 20.3. The van der Waals surface area contributed by atoms with Crippen molar-refractivity contribution in [3.8, 4) is 11.1 Å². The van der Waals surface area contributed by atoms with Crippen LogP contribution in [0.25, 0.3) is 11.1 Å². The predicted octanol–water partition coefficient (Wildman–Crippen LogP) is 4.27. The summed E-state index contributed by atoms with van der Waals surface area (Å²) in [4.78, 5) is 12.1. The maximum atomic E-state index is 13.7. The fourth-order valence-corrected chi connectivity index (χ4v) is 2.81. The Kier molecular flexibility index (Phi) is 5.33. The van der Waals surface area contributed by atoms with Gasteiger partial charge in [-0.3, -0.25) is 4.79 Å². The fourth-order valence-electron chi connectivity index (χ4n) is 2.81. The molecule has 0 saturated heterocycles. The molecule has 0 heterocycles. The van der Waals surface area contributed by atoms with Crippen molar-refractivity contribution < 1.29 is 18.7 Å². The Morgan fingerprint density at radius 1 is 0.889 bits per heavy atom. The lowest BCUT2D eigenvalue weighted by Gasteiger charge is -2.24. The molecule has 0 fully saturated rings. The fraction of sp³-hybridized carbons (Fsp3) is 0.136. The highest BCUT2D eigenvalue weighted by Crippen LogP contribution is 2.25. The van der Waals surface area contributed by atoms with E-state index in [1.54, 1.807) is 12.1 Å². The van der Waals surface area contributed by atoms with Crippen molar-refractivity contribution in [1.82, 2.24) is 5.32 Å². The van der Waals surface area contributed by atoms with Crippen molar-refractivity contribution in [2.45, 2.75) is 12.5 Å². The SMILES string of the molecule is C[C@](O)(CNC(=O)c1c(F)cccc1F)c1ccc(-c2ccccc2)cc1. The number of carbonyl (C=O) groups excluding carboxylic acids is 1. The van der Waals surface area contributed by atoms with Gasteiger partial charge in [0, 0.05) is 0 Å². The minimum absolute atomic E-state index is 0.190. The van der Waals surface area contributed by atoms with Crippen molar-refractivity contribution in [1.29, 1.82) is 0 Å². The highest BCUT2D eigenvalue weighted by molar-refractivity contribution is 5.94. The van der Waals surface area contributed by atoms with E-state index in [1.165, 1.54) is 13.0 Å². The molecule has 3 nitrogen and oxygen atoms in total. The molecule has 0 aliphatic carbocycles. The van der Waals surface area contributed by atoms with Crippen molar-refractivity contribution in [3.05, 3.63) is 95.6 Å². The number of hydrogen-bond donors (Lipinski definition) is 2. The molecule has 0 spiro atoms. The maximum Gasteiger partial charge on any atom is 0.257 e. The molecule has 3 aromatic carbocycles. The van der Waals surface area contributed by atoms with Crippen LogP contribution < -0.4 is 5.32 Å². The molecule has 27 heavy (non-hydrogen) atoms. The third-order valence-electron chi connectivity index (χ3n) is 4.40. The first-order valence-electron chi connectivity index (χ1n) is 8.49. The number of carbonyl (C=O) groups is 1. The van der Waals surface area contributed by atoms with Crippen LogP contribution in [0.1, 0.15) is 22.8 Å². The molecule has 0 aliphatic rings.